The molecule has 0 heterocycles. The third-order valence-corrected chi connectivity index (χ3v) is 3.06. The Bertz CT molecular complexity index is 570. The SMILES string of the molecule is CCOc1cc(F)ccc1NCc1ccc(COC)cc1. The Morgan fingerprint density at radius 2 is 1.76 bits per heavy atom. The van der Waals surface area contributed by atoms with Crippen molar-refractivity contribution in [1.29, 1.82) is 0 Å². The predicted molar refractivity (Wildman–Crippen MR) is 82.1 cm³/mol. The van der Waals surface area contributed by atoms with E-state index in [4.69, 9.17) is 9.47 Å². The number of halogens is 1. The van der Waals surface area contributed by atoms with Gasteiger partial charge >= 0.3 is 0 Å². The molecule has 0 saturated carbocycles. The number of methoxy groups -OCH3 is 1. The lowest BCUT2D eigenvalue weighted by molar-refractivity contribution is 0.185. The molecule has 0 aliphatic carbocycles. The van der Waals surface area contributed by atoms with Gasteiger partial charge < -0.3 is 14.8 Å². The largest absolute Gasteiger partial charge is 0.492 e. The number of nitrogens with one attached hydrogen (secondary N) is 1. The molecule has 2 aromatic carbocycles. The van der Waals surface area contributed by atoms with Gasteiger partial charge in [0.2, 0.25) is 0 Å². The summed E-state index contributed by atoms with van der Waals surface area (Å²) >= 11 is 0. The van der Waals surface area contributed by atoms with Crippen molar-refractivity contribution in [1.82, 2.24) is 0 Å². The van der Waals surface area contributed by atoms with Crippen molar-refractivity contribution in [3.05, 3.63) is 59.4 Å². The van der Waals surface area contributed by atoms with Crippen molar-refractivity contribution >= 4 is 5.69 Å². The van der Waals surface area contributed by atoms with Gasteiger partial charge in [0.25, 0.3) is 0 Å². The summed E-state index contributed by atoms with van der Waals surface area (Å²) in [6.45, 7) is 3.65. The van der Waals surface area contributed by atoms with Gasteiger partial charge in [0.15, 0.2) is 0 Å². The van der Waals surface area contributed by atoms with Gasteiger partial charge in [0, 0.05) is 19.7 Å². The first-order valence-corrected chi connectivity index (χ1v) is 6.96. The van der Waals surface area contributed by atoms with E-state index in [0.29, 0.717) is 25.5 Å². The van der Waals surface area contributed by atoms with Crippen LogP contribution in [-0.2, 0) is 17.9 Å². The Labute approximate surface area is 124 Å². The minimum Gasteiger partial charge on any atom is -0.492 e. The zero-order valence-corrected chi connectivity index (χ0v) is 12.4. The Morgan fingerprint density at radius 1 is 1.05 bits per heavy atom. The highest BCUT2D eigenvalue weighted by Gasteiger charge is 2.05. The molecule has 112 valence electrons. The maximum Gasteiger partial charge on any atom is 0.145 e. The molecule has 2 aromatic rings. The van der Waals surface area contributed by atoms with Crippen molar-refractivity contribution in [3.63, 3.8) is 0 Å². The molecule has 0 saturated heterocycles. The average Bonchev–Trinajstić information content (AvgIpc) is 2.49. The van der Waals surface area contributed by atoms with Crippen LogP contribution in [0.15, 0.2) is 42.5 Å². The van der Waals surface area contributed by atoms with Crippen LogP contribution in [0.25, 0.3) is 0 Å². The van der Waals surface area contributed by atoms with Crippen LogP contribution in [0.3, 0.4) is 0 Å². The Hall–Kier alpha value is -2.07. The van der Waals surface area contributed by atoms with Crippen LogP contribution in [0.5, 0.6) is 5.75 Å². The van der Waals surface area contributed by atoms with Crippen molar-refractivity contribution in [3.8, 4) is 5.75 Å². The lowest BCUT2D eigenvalue weighted by Gasteiger charge is -2.12. The van der Waals surface area contributed by atoms with Gasteiger partial charge in [0.05, 0.1) is 18.9 Å². The van der Waals surface area contributed by atoms with Crippen LogP contribution < -0.4 is 10.1 Å². The van der Waals surface area contributed by atoms with Crippen LogP contribution in [0, 0.1) is 5.82 Å². The second-order valence-corrected chi connectivity index (χ2v) is 4.68. The van der Waals surface area contributed by atoms with E-state index in [2.05, 4.69) is 5.32 Å². The zero-order valence-electron chi connectivity index (χ0n) is 12.4. The number of hydrogen-bond acceptors (Lipinski definition) is 3. The van der Waals surface area contributed by atoms with Gasteiger partial charge in [-0.05, 0) is 30.2 Å². The Morgan fingerprint density at radius 3 is 2.43 bits per heavy atom. The minimum absolute atomic E-state index is 0.298. The molecule has 2 rings (SSSR count). The van der Waals surface area contributed by atoms with E-state index >= 15 is 0 Å². The van der Waals surface area contributed by atoms with E-state index in [1.165, 1.54) is 12.1 Å². The van der Waals surface area contributed by atoms with Gasteiger partial charge in [-0.3, -0.25) is 0 Å². The molecule has 3 nitrogen and oxygen atoms in total. The maximum absolute atomic E-state index is 13.2. The molecule has 0 bridgehead atoms. The highest BCUT2D eigenvalue weighted by Crippen LogP contribution is 2.26. The van der Waals surface area contributed by atoms with Crippen molar-refractivity contribution in [2.24, 2.45) is 0 Å². The molecular formula is C17H20FNO2. The molecule has 0 unspecified atom stereocenters. The summed E-state index contributed by atoms with van der Waals surface area (Å²) < 4.78 is 23.8. The van der Waals surface area contributed by atoms with Crippen molar-refractivity contribution in [2.45, 2.75) is 20.1 Å². The van der Waals surface area contributed by atoms with Gasteiger partial charge in [-0.1, -0.05) is 24.3 Å². The molecular weight excluding hydrogens is 269 g/mol. The van der Waals surface area contributed by atoms with E-state index < -0.39 is 0 Å². The first-order valence-electron chi connectivity index (χ1n) is 6.96. The van der Waals surface area contributed by atoms with E-state index in [-0.39, 0.29) is 5.82 Å². The monoisotopic (exact) mass is 289 g/mol. The van der Waals surface area contributed by atoms with Gasteiger partial charge in [-0.15, -0.1) is 0 Å². The second-order valence-electron chi connectivity index (χ2n) is 4.68. The second kappa shape index (κ2) is 7.64. The fourth-order valence-corrected chi connectivity index (χ4v) is 2.03. The summed E-state index contributed by atoms with van der Waals surface area (Å²) in [6, 6.07) is 12.7. The Balaban J connectivity index is 2.02. The minimum atomic E-state index is -0.298. The topological polar surface area (TPSA) is 30.5 Å². The summed E-state index contributed by atoms with van der Waals surface area (Å²) in [6.07, 6.45) is 0. The third kappa shape index (κ3) is 4.46. The molecule has 0 aliphatic heterocycles. The summed E-state index contributed by atoms with van der Waals surface area (Å²) in [4.78, 5) is 0. The van der Waals surface area contributed by atoms with Crippen LogP contribution in [0.1, 0.15) is 18.1 Å². The van der Waals surface area contributed by atoms with Gasteiger partial charge in [-0.2, -0.15) is 0 Å². The van der Waals surface area contributed by atoms with Crippen molar-refractivity contribution in [2.75, 3.05) is 19.0 Å². The number of benzene rings is 2. The summed E-state index contributed by atoms with van der Waals surface area (Å²) in [5.41, 5.74) is 3.07. The first kappa shape index (κ1) is 15.3. The molecule has 21 heavy (non-hydrogen) atoms. The summed E-state index contributed by atoms with van der Waals surface area (Å²) in [7, 11) is 1.68. The molecule has 0 amide bonds. The quantitative estimate of drug-likeness (QED) is 0.836. The third-order valence-electron chi connectivity index (χ3n) is 3.06. The standard InChI is InChI=1S/C17H20FNO2/c1-3-21-17-10-15(18)8-9-16(17)19-11-13-4-6-14(7-5-13)12-20-2/h4-10,19H,3,11-12H2,1-2H3. The highest BCUT2D eigenvalue weighted by atomic mass is 19.1. The predicted octanol–water partition coefficient (Wildman–Crippen LogP) is 3.98. The van der Waals surface area contributed by atoms with Crippen LogP contribution in [-0.4, -0.2) is 13.7 Å². The molecule has 4 heteroatoms. The number of anilines is 1. The first-order chi connectivity index (χ1) is 10.2. The van der Waals surface area contributed by atoms with E-state index in [1.54, 1.807) is 13.2 Å². The summed E-state index contributed by atoms with van der Waals surface area (Å²) in [5.74, 6) is 0.237. The number of ether oxygens (including phenoxy) is 2. The lowest BCUT2D eigenvalue weighted by Crippen LogP contribution is -2.03. The normalized spacial score (nSPS) is 10.4. The summed E-state index contributed by atoms with van der Waals surface area (Å²) in [5, 5.41) is 3.27. The molecule has 0 radical (unpaired) electrons. The van der Waals surface area contributed by atoms with Crippen LogP contribution >= 0.6 is 0 Å². The average molecular weight is 289 g/mol. The molecule has 0 spiro atoms. The number of hydrogen-bond donors (Lipinski definition) is 1. The van der Waals surface area contributed by atoms with Crippen molar-refractivity contribution < 1.29 is 13.9 Å². The molecule has 0 atom stereocenters. The highest BCUT2D eigenvalue weighted by molar-refractivity contribution is 5.56. The molecule has 0 fully saturated rings. The maximum atomic E-state index is 13.2. The lowest BCUT2D eigenvalue weighted by atomic mass is 10.1. The zero-order chi connectivity index (χ0) is 15.1. The smallest absolute Gasteiger partial charge is 0.145 e. The Kier molecular flexibility index (Phi) is 5.58. The molecule has 0 aromatic heterocycles. The van der Waals surface area contributed by atoms with Gasteiger partial charge in [0.1, 0.15) is 11.6 Å². The number of rotatable bonds is 7. The van der Waals surface area contributed by atoms with Crippen LogP contribution in [0.4, 0.5) is 10.1 Å². The van der Waals surface area contributed by atoms with E-state index in [1.807, 2.05) is 31.2 Å². The van der Waals surface area contributed by atoms with E-state index in [0.717, 1.165) is 16.8 Å². The molecule has 0 aliphatic rings. The fraction of sp³-hybridized carbons (Fsp3) is 0.294. The fourth-order valence-electron chi connectivity index (χ4n) is 2.03. The van der Waals surface area contributed by atoms with Gasteiger partial charge in [-0.25, -0.2) is 4.39 Å². The van der Waals surface area contributed by atoms with E-state index in [9.17, 15) is 4.39 Å². The van der Waals surface area contributed by atoms with Crippen LogP contribution in [0.2, 0.25) is 0 Å². The molecule has 1 N–H and O–H groups in total.